The van der Waals surface area contributed by atoms with Gasteiger partial charge in [-0.2, -0.15) is 0 Å². The van der Waals surface area contributed by atoms with Crippen LogP contribution in [-0.2, 0) is 10.9 Å². The molecule has 0 aliphatic heterocycles. The van der Waals surface area contributed by atoms with Crippen molar-refractivity contribution in [3.63, 3.8) is 0 Å². The number of ether oxygens (including phenoxy) is 1. The Hall–Kier alpha value is -1.23. The van der Waals surface area contributed by atoms with Gasteiger partial charge in [-0.05, 0) is 30.7 Å². The van der Waals surface area contributed by atoms with E-state index in [1.807, 2.05) is 0 Å². The largest absolute Gasteiger partial charge is 0.494 e. The van der Waals surface area contributed by atoms with Crippen molar-refractivity contribution < 1.29 is 13.2 Å². The maximum absolute atomic E-state index is 10.4. The third-order valence-electron chi connectivity index (χ3n) is 1.84. The summed E-state index contributed by atoms with van der Waals surface area (Å²) in [4.78, 5) is 0. The van der Waals surface area contributed by atoms with Crippen molar-refractivity contribution in [2.75, 3.05) is 11.3 Å². The van der Waals surface area contributed by atoms with Crippen LogP contribution in [0.3, 0.4) is 0 Å². The van der Waals surface area contributed by atoms with E-state index in [2.05, 4.69) is 11.6 Å². The predicted octanol–water partition coefficient (Wildman–Crippen LogP) is 1.80. The zero-order valence-corrected chi connectivity index (χ0v) is 9.50. The summed E-state index contributed by atoms with van der Waals surface area (Å²) in [6.07, 6.45) is 2.11. The number of thiol groups is 1. The Kier molecular flexibility index (Phi) is 4.97. The van der Waals surface area contributed by atoms with Gasteiger partial charge in [-0.15, -0.1) is 0 Å². The highest BCUT2D eigenvalue weighted by Gasteiger charge is 1.95. The molecule has 0 saturated heterocycles. The predicted molar refractivity (Wildman–Crippen MR) is 60.8 cm³/mol. The minimum Gasteiger partial charge on any atom is -0.494 e. The molecule has 1 aromatic carbocycles. The first-order valence-electron chi connectivity index (χ1n) is 4.86. The fourth-order valence-electron chi connectivity index (χ4n) is 1.07. The average Bonchev–Trinajstić information content (AvgIpc) is 2.20. The summed E-state index contributed by atoms with van der Waals surface area (Å²) in [5, 5.41) is 0. The van der Waals surface area contributed by atoms with Gasteiger partial charge >= 0.3 is 0 Å². The summed E-state index contributed by atoms with van der Waals surface area (Å²) < 4.78 is 28.4. The van der Waals surface area contributed by atoms with Gasteiger partial charge in [0.25, 0.3) is 0 Å². The molecule has 0 aliphatic carbocycles. The number of anilines is 1. The fourth-order valence-corrected chi connectivity index (χ4v) is 1.43. The zero-order valence-electron chi connectivity index (χ0n) is 8.60. The molecule has 5 heteroatoms. The van der Waals surface area contributed by atoms with Crippen LogP contribution in [0.15, 0.2) is 24.3 Å². The Labute approximate surface area is 91.3 Å². The van der Waals surface area contributed by atoms with Crippen LogP contribution in [0.2, 0.25) is 0 Å². The molecule has 0 spiro atoms. The molecule has 0 bridgehead atoms. The second kappa shape index (κ2) is 6.29. The lowest BCUT2D eigenvalue weighted by molar-refractivity contribution is 0.309. The van der Waals surface area contributed by atoms with Gasteiger partial charge in [0.15, 0.2) is 0 Å². The van der Waals surface area contributed by atoms with Gasteiger partial charge in [0.05, 0.1) is 6.61 Å². The van der Waals surface area contributed by atoms with E-state index in [1.165, 1.54) is 0 Å². The van der Waals surface area contributed by atoms with Crippen LogP contribution in [0.1, 0.15) is 19.8 Å². The van der Waals surface area contributed by atoms with Crippen molar-refractivity contribution in [3.8, 4) is 5.75 Å². The van der Waals surface area contributed by atoms with Gasteiger partial charge in [-0.3, -0.25) is 4.72 Å². The highest BCUT2D eigenvalue weighted by molar-refractivity contribution is 7.73. The van der Waals surface area contributed by atoms with Crippen LogP contribution in [-0.4, -0.2) is 15.0 Å². The van der Waals surface area contributed by atoms with Crippen LogP contribution in [0.4, 0.5) is 5.69 Å². The maximum atomic E-state index is 10.4. The van der Waals surface area contributed by atoms with Gasteiger partial charge in [-0.25, -0.2) is 8.42 Å². The first kappa shape index (κ1) is 11.8. The second-order valence-corrected chi connectivity index (χ2v) is 3.83. The van der Waals surface area contributed by atoms with Crippen molar-refractivity contribution in [2.24, 2.45) is 0 Å². The lowest BCUT2D eigenvalue weighted by atomic mass is 10.3. The van der Waals surface area contributed by atoms with E-state index in [0.29, 0.717) is 12.3 Å². The molecule has 0 aliphatic rings. The van der Waals surface area contributed by atoms with E-state index in [0.717, 1.165) is 18.6 Å². The molecular formula is C10H15NO3S. The standard InChI is InChI=1S/C10H15NO3S/c1-2-3-8-14-10-6-4-9(5-7-10)11-15(12)13/h4-7,15H,2-3,8H2,1H3,(H,11,12,13). The normalized spacial score (nSPS) is 10.3. The highest BCUT2D eigenvalue weighted by atomic mass is 32.2. The highest BCUT2D eigenvalue weighted by Crippen LogP contribution is 2.15. The van der Waals surface area contributed by atoms with Crippen molar-refractivity contribution >= 4 is 16.6 Å². The molecule has 1 aromatic rings. The van der Waals surface area contributed by atoms with Gasteiger partial charge in [-0.1, -0.05) is 13.3 Å². The molecule has 15 heavy (non-hydrogen) atoms. The Balaban J connectivity index is 2.48. The van der Waals surface area contributed by atoms with E-state index in [4.69, 9.17) is 4.74 Å². The summed E-state index contributed by atoms with van der Waals surface area (Å²) in [5.74, 6) is 0.759. The molecule has 1 N–H and O–H groups in total. The van der Waals surface area contributed by atoms with Crippen LogP contribution >= 0.6 is 0 Å². The van der Waals surface area contributed by atoms with Crippen LogP contribution < -0.4 is 9.46 Å². The molecule has 0 radical (unpaired) electrons. The van der Waals surface area contributed by atoms with E-state index in [9.17, 15) is 8.42 Å². The van der Waals surface area contributed by atoms with E-state index >= 15 is 0 Å². The Morgan fingerprint density at radius 1 is 1.27 bits per heavy atom. The molecule has 0 fully saturated rings. The summed E-state index contributed by atoms with van der Waals surface area (Å²) in [5.41, 5.74) is 0.550. The summed E-state index contributed by atoms with van der Waals surface area (Å²) in [6, 6.07) is 6.84. The first-order valence-corrected chi connectivity index (χ1v) is 6.04. The van der Waals surface area contributed by atoms with Crippen LogP contribution in [0.5, 0.6) is 5.75 Å². The first-order chi connectivity index (χ1) is 7.22. The SMILES string of the molecule is CCCCOc1ccc(N[SH](=O)=O)cc1. The zero-order chi connectivity index (χ0) is 11.1. The minimum atomic E-state index is -2.59. The number of hydrogen-bond acceptors (Lipinski definition) is 3. The van der Waals surface area contributed by atoms with E-state index < -0.39 is 10.9 Å². The number of nitrogens with one attached hydrogen (secondary N) is 1. The maximum Gasteiger partial charge on any atom is 0.222 e. The lowest BCUT2D eigenvalue weighted by Gasteiger charge is -2.05. The van der Waals surface area contributed by atoms with E-state index in [-0.39, 0.29) is 0 Å². The monoisotopic (exact) mass is 229 g/mol. The molecule has 1 rings (SSSR count). The minimum absolute atomic E-state index is 0.550. The van der Waals surface area contributed by atoms with Crippen molar-refractivity contribution in [2.45, 2.75) is 19.8 Å². The number of unbranched alkanes of at least 4 members (excludes halogenated alkanes) is 1. The second-order valence-electron chi connectivity index (χ2n) is 3.10. The average molecular weight is 229 g/mol. The molecular weight excluding hydrogens is 214 g/mol. The molecule has 4 nitrogen and oxygen atoms in total. The molecule has 0 heterocycles. The van der Waals surface area contributed by atoms with Crippen molar-refractivity contribution in [3.05, 3.63) is 24.3 Å². The van der Waals surface area contributed by atoms with Crippen molar-refractivity contribution in [1.82, 2.24) is 0 Å². The molecule has 0 atom stereocenters. The third kappa shape index (κ3) is 4.69. The van der Waals surface area contributed by atoms with Crippen LogP contribution in [0.25, 0.3) is 0 Å². The Morgan fingerprint density at radius 2 is 1.93 bits per heavy atom. The number of benzene rings is 1. The third-order valence-corrected chi connectivity index (χ3v) is 2.28. The number of rotatable bonds is 6. The van der Waals surface area contributed by atoms with Gasteiger partial charge in [0.1, 0.15) is 5.75 Å². The molecule has 84 valence electrons. The molecule has 0 amide bonds. The molecule has 0 aromatic heterocycles. The summed E-state index contributed by atoms with van der Waals surface area (Å²) in [7, 11) is -2.59. The fraction of sp³-hybridized carbons (Fsp3) is 0.400. The van der Waals surface area contributed by atoms with Gasteiger partial charge in [0.2, 0.25) is 10.9 Å². The topological polar surface area (TPSA) is 55.4 Å². The van der Waals surface area contributed by atoms with Gasteiger partial charge < -0.3 is 4.74 Å². The number of hydrogen-bond donors (Lipinski definition) is 2. The van der Waals surface area contributed by atoms with Gasteiger partial charge in [0, 0.05) is 5.69 Å². The molecule has 0 saturated carbocycles. The summed E-state index contributed by atoms with van der Waals surface area (Å²) >= 11 is 0. The van der Waals surface area contributed by atoms with Crippen LogP contribution in [0, 0.1) is 0 Å². The van der Waals surface area contributed by atoms with E-state index in [1.54, 1.807) is 24.3 Å². The molecule has 0 unspecified atom stereocenters. The van der Waals surface area contributed by atoms with Crippen molar-refractivity contribution in [1.29, 1.82) is 0 Å². The Bertz CT molecular complexity index is 351. The lowest BCUT2D eigenvalue weighted by Crippen LogP contribution is -1.97. The summed E-state index contributed by atoms with van der Waals surface area (Å²) in [6.45, 7) is 2.79. The smallest absolute Gasteiger partial charge is 0.222 e. The Morgan fingerprint density at radius 3 is 2.47 bits per heavy atom. The quantitative estimate of drug-likeness (QED) is 0.577.